The van der Waals surface area contributed by atoms with E-state index in [2.05, 4.69) is 69.3 Å². The van der Waals surface area contributed by atoms with Gasteiger partial charge in [0.15, 0.2) is 5.96 Å². The molecule has 146 valence electrons. The summed E-state index contributed by atoms with van der Waals surface area (Å²) in [6.07, 6.45) is 2.45. The summed E-state index contributed by atoms with van der Waals surface area (Å²) in [6, 6.07) is 8.48. The number of halogens is 1. The molecule has 1 fully saturated rings. The fourth-order valence-electron chi connectivity index (χ4n) is 3.24. The maximum atomic E-state index is 5.18. The number of hydrogen-bond acceptors (Lipinski definition) is 3. The van der Waals surface area contributed by atoms with Crippen LogP contribution in [0.5, 0.6) is 0 Å². The van der Waals surface area contributed by atoms with E-state index < -0.39 is 0 Å². The van der Waals surface area contributed by atoms with Crippen LogP contribution in [0.15, 0.2) is 33.7 Å². The van der Waals surface area contributed by atoms with Crippen LogP contribution < -0.4 is 5.32 Å². The first-order valence-electron chi connectivity index (χ1n) is 9.57. The van der Waals surface area contributed by atoms with Crippen molar-refractivity contribution in [2.45, 2.75) is 26.3 Å². The largest absolute Gasteiger partial charge is 0.383 e. The lowest BCUT2D eigenvalue weighted by Gasteiger charge is -2.31. The van der Waals surface area contributed by atoms with Gasteiger partial charge in [0.2, 0.25) is 0 Å². The van der Waals surface area contributed by atoms with Crippen LogP contribution in [-0.4, -0.2) is 69.2 Å². The van der Waals surface area contributed by atoms with Crippen LogP contribution in [0.3, 0.4) is 0 Å². The number of aliphatic imine (C=N–C) groups is 1. The summed E-state index contributed by atoms with van der Waals surface area (Å²) in [6.45, 7) is 8.97. The number of ether oxygens (including phenoxy) is 1. The smallest absolute Gasteiger partial charge is 0.193 e. The number of piperidine rings is 1. The average Bonchev–Trinajstić information content (AvgIpc) is 2.66. The summed E-state index contributed by atoms with van der Waals surface area (Å²) in [5.41, 5.74) is 1.28. The molecule has 0 saturated carbocycles. The number of nitrogens with zero attached hydrogens (tertiary/aromatic N) is 3. The lowest BCUT2D eigenvalue weighted by atomic mass is 9.97. The van der Waals surface area contributed by atoms with Gasteiger partial charge < -0.3 is 19.9 Å². The van der Waals surface area contributed by atoms with Crippen LogP contribution in [0.4, 0.5) is 0 Å². The average molecular weight is 425 g/mol. The lowest BCUT2D eigenvalue weighted by molar-refractivity contribution is 0.121. The van der Waals surface area contributed by atoms with Gasteiger partial charge in [-0.15, -0.1) is 0 Å². The van der Waals surface area contributed by atoms with Crippen LogP contribution in [0.2, 0.25) is 0 Å². The highest BCUT2D eigenvalue weighted by molar-refractivity contribution is 9.10. The number of nitrogens with one attached hydrogen (secondary N) is 1. The molecule has 0 unspecified atom stereocenters. The normalized spacial score (nSPS) is 16.7. The lowest BCUT2D eigenvalue weighted by Crippen LogP contribution is -2.40. The number of benzene rings is 1. The zero-order valence-corrected chi connectivity index (χ0v) is 18.0. The van der Waals surface area contributed by atoms with Gasteiger partial charge in [-0.3, -0.25) is 4.99 Å². The van der Waals surface area contributed by atoms with Crippen LogP contribution in [0.1, 0.15) is 25.3 Å². The Bertz CT molecular complexity index is 541. The van der Waals surface area contributed by atoms with Crippen LogP contribution in [0, 0.1) is 5.92 Å². The second-order valence-corrected chi connectivity index (χ2v) is 7.87. The van der Waals surface area contributed by atoms with Gasteiger partial charge in [-0.25, -0.2) is 0 Å². The van der Waals surface area contributed by atoms with E-state index in [1.165, 1.54) is 18.4 Å². The molecule has 26 heavy (non-hydrogen) atoms. The summed E-state index contributed by atoms with van der Waals surface area (Å²) in [5.74, 6) is 1.68. The van der Waals surface area contributed by atoms with E-state index in [1.54, 1.807) is 7.11 Å². The summed E-state index contributed by atoms with van der Waals surface area (Å²) >= 11 is 3.49. The molecule has 1 aromatic carbocycles. The minimum atomic E-state index is 0.684. The Kier molecular flexibility index (Phi) is 9.43. The van der Waals surface area contributed by atoms with E-state index in [0.717, 1.165) is 56.3 Å². The number of likely N-dealkylation sites (tertiary alicyclic amines) is 1. The van der Waals surface area contributed by atoms with Gasteiger partial charge in [-0.2, -0.15) is 0 Å². The van der Waals surface area contributed by atoms with Crippen molar-refractivity contribution in [1.29, 1.82) is 0 Å². The van der Waals surface area contributed by atoms with Crippen molar-refractivity contribution in [3.05, 3.63) is 34.3 Å². The Morgan fingerprint density at radius 3 is 2.62 bits per heavy atom. The maximum absolute atomic E-state index is 5.18. The summed E-state index contributed by atoms with van der Waals surface area (Å²) in [7, 11) is 3.88. The minimum absolute atomic E-state index is 0.684. The van der Waals surface area contributed by atoms with E-state index in [-0.39, 0.29) is 0 Å². The zero-order valence-electron chi connectivity index (χ0n) is 16.4. The fraction of sp³-hybridized carbons (Fsp3) is 0.650. The van der Waals surface area contributed by atoms with E-state index in [9.17, 15) is 0 Å². The Balaban J connectivity index is 1.84. The van der Waals surface area contributed by atoms with Gasteiger partial charge >= 0.3 is 0 Å². The predicted molar refractivity (Wildman–Crippen MR) is 113 cm³/mol. The van der Waals surface area contributed by atoms with Gasteiger partial charge in [0.25, 0.3) is 0 Å². The third-order valence-electron chi connectivity index (χ3n) is 4.85. The van der Waals surface area contributed by atoms with E-state index in [4.69, 9.17) is 9.73 Å². The molecule has 2 rings (SSSR count). The highest BCUT2D eigenvalue weighted by atomic mass is 79.9. The zero-order chi connectivity index (χ0) is 18.8. The third kappa shape index (κ3) is 7.25. The highest BCUT2D eigenvalue weighted by Crippen LogP contribution is 2.17. The molecule has 0 aromatic heterocycles. The quantitative estimate of drug-likeness (QED) is 0.513. The molecule has 0 bridgehead atoms. The van der Waals surface area contributed by atoms with Crippen molar-refractivity contribution in [2.75, 3.05) is 53.5 Å². The molecular weight excluding hydrogens is 392 g/mol. The van der Waals surface area contributed by atoms with Gasteiger partial charge in [-0.1, -0.05) is 28.1 Å². The van der Waals surface area contributed by atoms with Gasteiger partial charge in [0.05, 0.1) is 6.61 Å². The fourth-order valence-corrected chi connectivity index (χ4v) is 3.50. The Labute approximate surface area is 166 Å². The predicted octanol–water partition coefficient (Wildman–Crippen LogP) is 3.20. The molecule has 0 amide bonds. The maximum Gasteiger partial charge on any atom is 0.193 e. The molecule has 5 nitrogen and oxygen atoms in total. The van der Waals surface area contributed by atoms with Crippen molar-refractivity contribution < 1.29 is 4.74 Å². The molecule has 6 heteroatoms. The topological polar surface area (TPSA) is 40.1 Å². The molecule has 1 aromatic rings. The first kappa shape index (κ1) is 21.2. The monoisotopic (exact) mass is 424 g/mol. The standard InChI is InChI=1S/C20H33BrN4O/c1-4-22-20(24(2)16-18-5-7-19(21)8-6-18)23-15-17-9-11-25(12-10-17)13-14-26-3/h5-8,17H,4,9-16H2,1-3H3,(H,22,23). The SMILES string of the molecule is CCNC(=NCC1CCN(CCOC)CC1)N(C)Cc1ccc(Br)cc1. The molecule has 1 aliphatic heterocycles. The molecular formula is C20H33BrN4O. The summed E-state index contributed by atoms with van der Waals surface area (Å²) in [4.78, 5) is 9.62. The van der Waals surface area contributed by atoms with Crippen molar-refractivity contribution in [3.8, 4) is 0 Å². The summed E-state index contributed by atoms with van der Waals surface area (Å²) < 4.78 is 6.29. The van der Waals surface area contributed by atoms with Crippen molar-refractivity contribution >= 4 is 21.9 Å². The van der Waals surface area contributed by atoms with Gasteiger partial charge in [0.1, 0.15) is 0 Å². The molecule has 1 saturated heterocycles. The number of methoxy groups -OCH3 is 1. The van der Waals surface area contributed by atoms with Crippen LogP contribution >= 0.6 is 15.9 Å². The number of rotatable bonds is 8. The molecule has 1 aliphatic rings. The van der Waals surface area contributed by atoms with Crippen molar-refractivity contribution in [2.24, 2.45) is 10.9 Å². The summed E-state index contributed by atoms with van der Waals surface area (Å²) in [5, 5.41) is 3.43. The molecule has 0 radical (unpaired) electrons. The van der Waals surface area contributed by atoms with Crippen LogP contribution in [0.25, 0.3) is 0 Å². The van der Waals surface area contributed by atoms with Crippen molar-refractivity contribution in [1.82, 2.24) is 15.1 Å². The molecule has 1 N–H and O–H groups in total. The molecule has 0 aliphatic carbocycles. The third-order valence-corrected chi connectivity index (χ3v) is 5.38. The molecule has 0 atom stereocenters. The number of hydrogen-bond donors (Lipinski definition) is 1. The van der Waals surface area contributed by atoms with Crippen molar-refractivity contribution in [3.63, 3.8) is 0 Å². The molecule has 1 heterocycles. The van der Waals surface area contributed by atoms with Crippen LogP contribution in [-0.2, 0) is 11.3 Å². The van der Waals surface area contributed by atoms with Gasteiger partial charge in [0, 0.05) is 44.8 Å². The second-order valence-electron chi connectivity index (χ2n) is 6.95. The van der Waals surface area contributed by atoms with E-state index in [0.29, 0.717) is 5.92 Å². The van der Waals surface area contributed by atoms with E-state index >= 15 is 0 Å². The minimum Gasteiger partial charge on any atom is -0.383 e. The Morgan fingerprint density at radius 2 is 2.00 bits per heavy atom. The first-order valence-corrected chi connectivity index (χ1v) is 10.4. The Hall–Kier alpha value is -1.11. The second kappa shape index (κ2) is 11.6. The van der Waals surface area contributed by atoms with E-state index in [1.807, 2.05) is 0 Å². The molecule has 0 spiro atoms. The van der Waals surface area contributed by atoms with Gasteiger partial charge in [-0.05, 0) is 56.5 Å². The highest BCUT2D eigenvalue weighted by Gasteiger charge is 2.19. The Morgan fingerprint density at radius 1 is 1.31 bits per heavy atom. The first-order chi connectivity index (χ1) is 12.6. The number of guanidine groups is 1.